The van der Waals surface area contributed by atoms with E-state index in [0.717, 1.165) is 42.1 Å². The summed E-state index contributed by atoms with van der Waals surface area (Å²) in [7, 11) is 0. The molecule has 3 heteroatoms. The van der Waals surface area contributed by atoms with E-state index in [9.17, 15) is 0 Å². The summed E-state index contributed by atoms with van der Waals surface area (Å²) in [6.07, 6.45) is 8.00. The fourth-order valence-electron chi connectivity index (χ4n) is 2.03. The van der Waals surface area contributed by atoms with Crippen LogP contribution in [0.25, 0.3) is 0 Å². The monoisotopic (exact) mass is 260 g/mol. The van der Waals surface area contributed by atoms with Gasteiger partial charge in [0, 0.05) is 18.1 Å². The first-order valence-corrected chi connectivity index (χ1v) is 6.72. The molecular weight excluding hydrogens is 240 g/mol. The predicted molar refractivity (Wildman–Crippen MR) is 74.8 cm³/mol. The lowest BCUT2D eigenvalue weighted by Crippen LogP contribution is -2.01. The fraction of sp³-hybridized carbons (Fsp3) is 0.500. The molecule has 0 bridgehead atoms. The summed E-state index contributed by atoms with van der Waals surface area (Å²) < 4.78 is 16.7. The van der Waals surface area contributed by atoms with Crippen LogP contribution in [0.4, 0.5) is 0 Å². The van der Waals surface area contributed by atoms with Gasteiger partial charge in [0.05, 0.1) is 6.61 Å². The zero-order chi connectivity index (χ0) is 13.7. The van der Waals surface area contributed by atoms with E-state index < -0.39 is 0 Å². The molecule has 0 amide bonds. The Morgan fingerprint density at radius 3 is 2.68 bits per heavy atom. The van der Waals surface area contributed by atoms with E-state index in [1.54, 1.807) is 0 Å². The summed E-state index contributed by atoms with van der Waals surface area (Å²) in [5, 5.41) is 0. The minimum Gasteiger partial charge on any atom is -0.493 e. The number of hydrogen-bond acceptors (Lipinski definition) is 3. The van der Waals surface area contributed by atoms with E-state index in [1.165, 1.54) is 0 Å². The molecule has 0 radical (unpaired) electrons. The molecule has 0 aliphatic carbocycles. The van der Waals surface area contributed by atoms with Crippen LogP contribution in [-0.2, 0) is 0 Å². The molecule has 0 spiro atoms. The van der Waals surface area contributed by atoms with Gasteiger partial charge in [0.1, 0.15) is 5.75 Å². The molecule has 0 aromatic heterocycles. The second-order valence-corrected chi connectivity index (χ2v) is 4.91. The average molecular weight is 260 g/mol. The Kier molecular flexibility index (Phi) is 4.57. The van der Waals surface area contributed by atoms with Crippen molar-refractivity contribution in [3.63, 3.8) is 0 Å². The lowest BCUT2D eigenvalue weighted by atomic mass is 10.0. The predicted octanol–water partition coefficient (Wildman–Crippen LogP) is 3.72. The van der Waals surface area contributed by atoms with Crippen molar-refractivity contribution in [2.75, 3.05) is 13.4 Å². The summed E-state index contributed by atoms with van der Waals surface area (Å²) >= 11 is 0. The SMILES string of the molecule is C#CCCCCOc1cc2c(cc1C(C)C)OCO2. The lowest BCUT2D eigenvalue weighted by Gasteiger charge is -2.14. The molecule has 1 aliphatic rings. The van der Waals surface area contributed by atoms with Crippen LogP contribution in [0.5, 0.6) is 17.2 Å². The van der Waals surface area contributed by atoms with E-state index in [1.807, 2.05) is 12.1 Å². The van der Waals surface area contributed by atoms with Crippen LogP contribution in [0, 0.1) is 12.3 Å². The molecule has 0 saturated carbocycles. The number of hydrogen-bond donors (Lipinski definition) is 0. The zero-order valence-corrected chi connectivity index (χ0v) is 11.6. The summed E-state index contributed by atoms with van der Waals surface area (Å²) in [5.41, 5.74) is 1.15. The van der Waals surface area contributed by atoms with E-state index >= 15 is 0 Å². The van der Waals surface area contributed by atoms with Gasteiger partial charge >= 0.3 is 0 Å². The van der Waals surface area contributed by atoms with Crippen LogP contribution in [0.1, 0.15) is 44.6 Å². The van der Waals surface area contributed by atoms with Gasteiger partial charge in [-0.25, -0.2) is 0 Å². The lowest BCUT2D eigenvalue weighted by molar-refractivity contribution is 0.173. The van der Waals surface area contributed by atoms with E-state index in [0.29, 0.717) is 19.3 Å². The molecule has 0 atom stereocenters. The highest BCUT2D eigenvalue weighted by atomic mass is 16.7. The number of terminal acetylenes is 1. The van der Waals surface area contributed by atoms with Crippen molar-refractivity contribution in [2.24, 2.45) is 0 Å². The quantitative estimate of drug-likeness (QED) is 0.576. The van der Waals surface area contributed by atoms with Crippen LogP contribution in [0.3, 0.4) is 0 Å². The first kappa shape index (κ1) is 13.6. The highest BCUT2D eigenvalue weighted by Gasteiger charge is 2.19. The van der Waals surface area contributed by atoms with Crippen molar-refractivity contribution >= 4 is 0 Å². The summed E-state index contributed by atoms with van der Waals surface area (Å²) in [4.78, 5) is 0. The number of benzene rings is 1. The van der Waals surface area contributed by atoms with Gasteiger partial charge < -0.3 is 14.2 Å². The van der Waals surface area contributed by atoms with Crippen LogP contribution >= 0.6 is 0 Å². The normalized spacial score (nSPS) is 12.5. The van der Waals surface area contributed by atoms with Crippen LogP contribution < -0.4 is 14.2 Å². The number of rotatable bonds is 6. The van der Waals surface area contributed by atoms with Crippen molar-refractivity contribution in [3.8, 4) is 29.6 Å². The summed E-state index contributed by atoms with van der Waals surface area (Å²) in [6, 6.07) is 3.95. The molecule has 0 fully saturated rings. The number of fused-ring (bicyclic) bond motifs is 1. The number of unbranched alkanes of at least 4 members (excludes halogenated alkanes) is 2. The molecule has 19 heavy (non-hydrogen) atoms. The average Bonchev–Trinajstić information content (AvgIpc) is 2.84. The maximum atomic E-state index is 5.87. The first-order chi connectivity index (χ1) is 9.22. The first-order valence-electron chi connectivity index (χ1n) is 6.72. The third-order valence-corrected chi connectivity index (χ3v) is 3.10. The molecule has 2 rings (SSSR count). The van der Waals surface area contributed by atoms with Gasteiger partial charge in [-0.05, 0) is 24.8 Å². The minimum absolute atomic E-state index is 0.290. The maximum absolute atomic E-state index is 5.87. The molecule has 1 aliphatic heterocycles. The Labute approximate surface area is 114 Å². The Morgan fingerprint density at radius 2 is 2.00 bits per heavy atom. The largest absolute Gasteiger partial charge is 0.493 e. The standard InChI is InChI=1S/C16H20O3/c1-4-5-6-7-8-17-14-10-16-15(18-11-19-16)9-13(14)12(2)3/h1,9-10,12H,5-8,11H2,2-3H3. The van der Waals surface area contributed by atoms with Gasteiger partial charge in [0.15, 0.2) is 11.5 Å². The Morgan fingerprint density at radius 1 is 1.26 bits per heavy atom. The van der Waals surface area contributed by atoms with E-state index in [-0.39, 0.29) is 0 Å². The van der Waals surface area contributed by atoms with E-state index in [4.69, 9.17) is 20.6 Å². The second kappa shape index (κ2) is 6.38. The van der Waals surface area contributed by atoms with Crippen LogP contribution in [0.2, 0.25) is 0 Å². The smallest absolute Gasteiger partial charge is 0.231 e. The van der Waals surface area contributed by atoms with Crippen molar-refractivity contribution in [1.82, 2.24) is 0 Å². The fourth-order valence-corrected chi connectivity index (χ4v) is 2.03. The Hall–Kier alpha value is -1.82. The molecule has 1 aromatic carbocycles. The van der Waals surface area contributed by atoms with Gasteiger partial charge in [-0.15, -0.1) is 12.3 Å². The van der Waals surface area contributed by atoms with Gasteiger partial charge in [-0.3, -0.25) is 0 Å². The maximum Gasteiger partial charge on any atom is 0.231 e. The topological polar surface area (TPSA) is 27.7 Å². The third kappa shape index (κ3) is 3.35. The Balaban J connectivity index is 2.04. The third-order valence-electron chi connectivity index (χ3n) is 3.10. The molecule has 0 N–H and O–H groups in total. The van der Waals surface area contributed by atoms with Crippen LogP contribution in [0.15, 0.2) is 12.1 Å². The molecule has 102 valence electrons. The zero-order valence-electron chi connectivity index (χ0n) is 11.6. The molecule has 0 saturated heterocycles. The van der Waals surface area contributed by atoms with E-state index in [2.05, 4.69) is 19.8 Å². The van der Waals surface area contributed by atoms with Gasteiger partial charge in [-0.2, -0.15) is 0 Å². The van der Waals surface area contributed by atoms with Crippen molar-refractivity contribution in [1.29, 1.82) is 0 Å². The number of ether oxygens (including phenoxy) is 3. The van der Waals surface area contributed by atoms with Crippen LogP contribution in [-0.4, -0.2) is 13.4 Å². The van der Waals surface area contributed by atoms with Gasteiger partial charge in [0.2, 0.25) is 6.79 Å². The highest BCUT2D eigenvalue weighted by molar-refractivity contribution is 5.52. The van der Waals surface area contributed by atoms with Gasteiger partial charge in [0.25, 0.3) is 0 Å². The Bertz CT molecular complexity index is 472. The summed E-state index contributed by atoms with van der Waals surface area (Å²) in [5.74, 6) is 5.49. The minimum atomic E-state index is 0.290. The van der Waals surface area contributed by atoms with Crippen molar-refractivity contribution in [2.45, 2.75) is 39.0 Å². The van der Waals surface area contributed by atoms with Gasteiger partial charge in [-0.1, -0.05) is 13.8 Å². The molecular formula is C16H20O3. The summed E-state index contributed by atoms with van der Waals surface area (Å²) in [6.45, 7) is 5.25. The molecule has 1 heterocycles. The second-order valence-electron chi connectivity index (χ2n) is 4.91. The van der Waals surface area contributed by atoms with Crippen molar-refractivity contribution < 1.29 is 14.2 Å². The molecule has 3 nitrogen and oxygen atoms in total. The molecule has 0 unspecified atom stereocenters. The van der Waals surface area contributed by atoms with Crippen molar-refractivity contribution in [3.05, 3.63) is 17.7 Å². The molecule has 1 aromatic rings. The highest BCUT2D eigenvalue weighted by Crippen LogP contribution is 2.40.